The second kappa shape index (κ2) is 4.71. The quantitative estimate of drug-likeness (QED) is 0.785. The van der Waals surface area contributed by atoms with Gasteiger partial charge < -0.3 is 15.4 Å². The normalized spacial score (nSPS) is 24.7. The molecule has 2 unspecified atom stereocenters. The van der Waals surface area contributed by atoms with Crippen LogP contribution >= 0.6 is 0 Å². The number of rotatable bonds is 1. The molecule has 0 radical (unpaired) electrons. The SMILES string of the molecule is CC1CN(C(=O)c2ccncc2N)CC(C)O1. The molecule has 0 bridgehead atoms. The van der Waals surface area contributed by atoms with Gasteiger partial charge in [-0.15, -0.1) is 0 Å². The van der Waals surface area contributed by atoms with Gasteiger partial charge in [-0.25, -0.2) is 0 Å². The van der Waals surface area contributed by atoms with Crippen molar-refractivity contribution >= 4 is 11.6 Å². The van der Waals surface area contributed by atoms with Gasteiger partial charge >= 0.3 is 0 Å². The third-order valence-corrected chi connectivity index (χ3v) is 2.79. The summed E-state index contributed by atoms with van der Waals surface area (Å²) in [6, 6.07) is 1.66. The fraction of sp³-hybridized carbons (Fsp3) is 0.500. The number of nitrogens with two attached hydrogens (primary N) is 1. The Morgan fingerprint density at radius 2 is 2.12 bits per heavy atom. The molecule has 1 aliphatic rings. The lowest BCUT2D eigenvalue weighted by atomic mass is 10.1. The summed E-state index contributed by atoms with van der Waals surface area (Å²) in [5.74, 6) is -0.0492. The van der Waals surface area contributed by atoms with Gasteiger partial charge in [0, 0.05) is 19.3 Å². The summed E-state index contributed by atoms with van der Waals surface area (Å²) in [6.07, 6.45) is 3.20. The van der Waals surface area contributed by atoms with Crippen molar-refractivity contribution in [1.82, 2.24) is 9.88 Å². The smallest absolute Gasteiger partial charge is 0.256 e. The van der Waals surface area contributed by atoms with Gasteiger partial charge in [0.05, 0.1) is 29.7 Å². The van der Waals surface area contributed by atoms with Gasteiger partial charge in [-0.1, -0.05) is 0 Å². The van der Waals surface area contributed by atoms with E-state index in [1.54, 1.807) is 17.2 Å². The Bertz CT molecular complexity index is 412. The van der Waals surface area contributed by atoms with Crippen LogP contribution < -0.4 is 5.73 Å². The highest BCUT2D eigenvalue weighted by molar-refractivity contribution is 5.98. The van der Waals surface area contributed by atoms with Crippen LogP contribution in [0.3, 0.4) is 0 Å². The highest BCUT2D eigenvalue weighted by Crippen LogP contribution is 2.17. The van der Waals surface area contributed by atoms with Gasteiger partial charge in [-0.2, -0.15) is 0 Å². The van der Waals surface area contributed by atoms with Gasteiger partial charge in [-0.05, 0) is 19.9 Å². The molecular weight excluding hydrogens is 218 g/mol. The molecule has 1 aromatic heterocycles. The van der Waals surface area contributed by atoms with E-state index in [4.69, 9.17) is 10.5 Å². The summed E-state index contributed by atoms with van der Waals surface area (Å²) < 4.78 is 5.60. The number of carbonyl (C=O) groups is 1. The third-order valence-electron chi connectivity index (χ3n) is 2.79. The zero-order chi connectivity index (χ0) is 12.4. The van der Waals surface area contributed by atoms with E-state index < -0.39 is 0 Å². The lowest BCUT2D eigenvalue weighted by Crippen LogP contribution is -2.48. The second-order valence-electron chi connectivity index (χ2n) is 4.43. The van der Waals surface area contributed by atoms with Crippen LogP contribution in [-0.4, -0.2) is 41.1 Å². The molecule has 0 aliphatic carbocycles. The largest absolute Gasteiger partial charge is 0.397 e. The lowest BCUT2D eigenvalue weighted by Gasteiger charge is -2.35. The Morgan fingerprint density at radius 1 is 1.47 bits per heavy atom. The van der Waals surface area contributed by atoms with E-state index in [2.05, 4.69) is 4.98 Å². The minimum atomic E-state index is -0.0492. The number of pyridine rings is 1. The summed E-state index contributed by atoms with van der Waals surface area (Å²) in [5.41, 5.74) is 6.69. The Balaban J connectivity index is 2.17. The predicted molar refractivity (Wildman–Crippen MR) is 64.6 cm³/mol. The Hall–Kier alpha value is -1.62. The Kier molecular flexibility index (Phi) is 3.28. The van der Waals surface area contributed by atoms with Crippen LogP contribution in [0.4, 0.5) is 5.69 Å². The number of morpholine rings is 1. The van der Waals surface area contributed by atoms with Gasteiger partial charge in [0.15, 0.2) is 0 Å². The highest BCUT2D eigenvalue weighted by atomic mass is 16.5. The topological polar surface area (TPSA) is 68.5 Å². The van der Waals surface area contributed by atoms with Crippen molar-refractivity contribution < 1.29 is 9.53 Å². The Morgan fingerprint density at radius 3 is 2.71 bits per heavy atom. The van der Waals surface area contributed by atoms with E-state index in [1.165, 1.54) is 6.20 Å². The van der Waals surface area contributed by atoms with Crippen molar-refractivity contribution in [3.63, 3.8) is 0 Å². The molecule has 2 heterocycles. The molecule has 17 heavy (non-hydrogen) atoms. The number of anilines is 1. The average molecular weight is 235 g/mol. The van der Waals surface area contributed by atoms with E-state index in [0.717, 1.165) is 0 Å². The summed E-state index contributed by atoms with van der Waals surface area (Å²) in [6.45, 7) is 5.13. The summed E-state index contributed by atoms with van der Waals surface area (Å²) in [5, 5.41) is 0. The number of nitrogen functional groups attached to an aromatic ring is 1. The zero-order valence-corrected chi connectivity index (χ0v) is 10.1. The third kappa shape index (κ3) is 2.55. The molecule has 2 atom stereocenters. The molecule has 1 amide bonds. The number of ether oxygens (including phenoxy) is 1. The van der Waals surface area contributed by atoms with Gasteiger partial charge in [-0.3, -0.25) is 9.78 Å². The fourth-order valence-electron chi connectivity index (χ4n) is 2.12. The number of nitrogens with zero attached hydrogens (tertiary/aromatic N) is 2. The number of carbonyl (C=O) groups excluding carboxylic acids is 1. The molecule has 0 spiro atoms. The van der Waals surface area contributed by atoms with E-state index >= 15 is 0 Å². The van der Waals surface area contributed by atoms with E-state index in [-0.39, 0.29) is 18.1 Å². The number of hydrogen-bond acceptors (Lipinski definition) is 4. The van der Waals surface area contributed by atoms with Crippen molar-refractivity contribution in [3.05, 3.63) is 24.0 Å². The predicted octanol–water partition coefficient (Wildman–Crippen LogP) is 0.913. The van der Waals surface area contributed by atoms with E-state index in [9.17, 15) is 4.79 Å². The first kappa shape index (κ1) is 11.9. The molecule has 1 saturated heterocycles. The minimum absolute atomic E-state index is 0.0492. The van der Waals surface area contributed by atoms with Gasteiger partial charge in [0.2, 0.25) is 0 Å². The number of amides is 1. The van der Waals surface area contributed by atoms with Crippen molar-refractivity contribution in [2.45, 2.75) is 26.1 Å². The van der Waals surface area contributed by atoms with Crippen LogP contribution in [0.25, 0.3) is 0 Å². The first-order valence-electron chi connectivity index (χ1n) is 5.72. The Labute approximate surface area is 101 Å². The summed E-state index contributed by atoms with van der Waals surface area (Å²) >= 11 is 0. The van der Waals surface area contributed by atoms with Crippen LogP contribution in [0.1, 0.15) is 24.2 Å². The van der Waals surface area contributed by atoms with Gasteiger partial charge in [0.1, 0.15) is 0 Å². The molecule has 2 N–H and O–H groups in total. The molecule has 5 nitrogen and oxygen atoms in total. The molecule has 92 valence electrons. The van der Waals surface area contributed by atoms with Gasteiger partial charge in [0.25, 0.3) is 5.91 Å². The van der Waals surface area contributed by atoms with Crippen LogP contribution in [0.5, 0.6) is 0 Å². The maximum absolute atomic E-state index is 12.3. The fourth-order valence-corrected chi connectivity index (χ4v) is 2.12. The van der Waals surface area contributed by atoms with Crippen molar-refractivity contribution in [2.24, 2.45) is 0 Å². The van der Waals surface area contributed by atoms with Crippen LogP contribution in [-0.2, 0) is 4.74 Å². The molecule has 5 heteroatoms. The number of aromatic nitrogens is 1. The van der Waals surface area contributed by atoms with Crippen molar-refractivity contribution in [3.8, 4) is 0 Å². The van der Waals surface area contributed by atoms with Crippen molar-refractivity contribution in [2.75, 3.05) is 18.8 Å². The maximum Gasteiger partial charge on any atom is 0.256 e. The zero-order valence-electron chi connectivity index (χ0n) is 10.1. The summed E-state index contributed by atoms with van der Waals surface area (Å²) in [7, 11) is 0. The summed E-state index contributed by atoms with van der Waals surface area (Å²) in [4.78, 5) is 17.9. The maximum atomic E-state index is 12.3. The molecule has 1 aromatic rings. The van der Waals surface area contributed by atoms with Crippen molar-refractivity contribution in [1.29, 1.82) is 0 Å². The first-order valence-corrected chi connectivity index (χ1v) is 5.72. The average Bonchev–Trinajstić information content (AvgIpc) is 2.27. The van der Waals surface area contributed by atoms with E-state index in [0.29, 0.717) is 24.3 Å². The second-order valence-corrected chi connectivity index (χ2v) is 4.43. The van der Waals surface area contributed by atoms with Crippen LogP contribution in [0.2, 0.25) is 0 Å². The molecule has 1 fully saturated rings. The van der Waals surface area contributed by atoms with Crippen LogP contribution in [0, 0.1) is 0 Å². The monoisotopic (exact) mass is 235 g/mol. The first-order chi connectivity index (χ1) is 8.08. The molecule has 0 aromatic carbocycles. The standard InChI is InChI=1S/C12H17N3O2/c1-8-6-15(7-9(2)17-8)12(16)10-3-4-14-5-11(10)13/h3-5,8-9H,6-7,13H2,1-2H3. The highest BCUT2D eigenvalue weighted by Gasteiger charge is 2.27. The molecule has 2 rings (SSSR count). The van der Waals surface area contributed by atoms with Crippen LogP contribution in [0.15, 0.2) is 18.5 Å². The molecular formula is C12H17N3O2. The molecule has 1 aliphatic heterocycles. The minimum Gasteiger partial charge on any atom is -0.397 e. The lowest BCUT2D eigenvalue weighted by molar-refractivity contribution is -0.0585. The number of hydrogen-bond donors (Lipinski definition) is 1. The molecule has 0 saturated carbocycles. The van der Waals surface area contributed by atoms with E-state index in [1.807, 2.05) is 13.8 Å².